The van der Waals surface area contributed by atoms with E-state index in [2.05, 4.69) is 5.32 Å². The molecule has 0 spiro atoms. The summed E-state index contributed by atoms with van der Waals surface area (Å²) in [6.07, 6.45) is 0.193. The van der Waals surface area contributed by atoms with Crippen molar-refractivity contribution >= 4 is 17.6 Å². The summed E-state index contributed by atoms with van der Waals surface area (Å²) in [5.41, 5.74) is 1.33. The number of aliphatic carboxylic acids is 1. The summed E-state index contributed by atoms with van der Waals surface area (Å²) in [7, 11) is 1.51. The van der Waals surface area contributed by atoms with Crippen molar-refractivity contribution in [3.8, 4) is 5.75 Å². The molecule has 0 fully saturated rings. The van der Waals surface area contributed by atoms with Crippen LogP contribution in [0.4, 0.5) is 5.69 Å². The lowest BCUT2D eigenvalue weighted by Gasteiger charge is -2.16. The smallest absolute Gasteiger partial charge is 0.308 e. The van der Waals surface area contributed by atoms with Crippen LogP contribution >= 0.6 is 0 Å². The predicted molar refractivity (Wildman–Crippen MR) is 98.0 cm³/mol. The van der Waals surface area contributed by atoms with Crippen LogP contribution < -0.4 is 10.1 Å². The standard InChI is InChI=1S/C19H20N2O6/c1-12-9-15(21(25)26)7-8-16(12)18(22)20-11-14(19(23)24)10-13-5-3-4-6-17(13)27-2/h3-9,14H,10-11H2,1-2H3,(H,20,22)(H,23,24). The Hall–Kier alpha value is -3.42. The van der Waals surface area contributed by atoms with Gasteiger partial charge in [-0.25, -0.2) is 0 Å². The van der Waals surface area contributed by atoms with Gasteiger partial charge in [-0.1, -0.05) is 18.2 Å². The quantitative estimate of drug-likeness (QED) is 0.543. The molecule has 0 radical (unpaired) electrons. The Balaban J connectivity index is 2.08. The second-order valence-electron chi connectivity index (χ2n) is 6.02. The van der Waals surface area contributed by atoms with Gasteiger partial charge in [-0.2, -0.15) is 0 Å². The van der Waals surface area contributed by atoms with Crippen LogP contribution in [-0.2, 0) is 11.2 Å². The largest absolute Gasteiger partial charge is 0.496 e. The third kappa shape index (κ3) is 5.04. The van der Waals surface area contributed by atoms with Crippen molar-refractivity contribution in [3.05, 3.63) is 69.3 Å². The fraction of sp³-hybridized carbons (Fsp3) is 0.263. The molecule has 0 aromatic heterocycles. The van der Waals surface area contributed by atoms with Crippen LogP contribution in [0.3, 0.4) is 0 Å². The second-order valence-corrected chi connectivity index (χ2v) is 6.02. The molecule has 1 unspecified atom stereocenters. The van der Waals surface area contributed by atoms with E-state index in [1.807, 2.05) is 0 Å². The molecule has 1 atom stereocenters. The Bertz CT molecular complexity index is 865. The van der Waals surface area contributed by atoms with Gasteiger partial charge in [0.2, 0.25) is 0 Å². The zero-order valence-electron chi connectivity index (χ0n) is 15.0. The van der Waals surface area contributed by atoms with Crippen LogP contribution in [0.25, 0.3) is 0 Å². The molecule has 0 aliphatic carbocycles. The summed E-state index contributed by atoms with van der Waals surface area (Å²) in [6, 6.07) is 11.0. The normalized spacial score (nSPS) is 11.5. The third-order valence-electron chi connectivity index (χ3n) is 4.18. The minimum atomic E-state index is -1.04. The number of carbonyl (C=O) groups is 2. The topological polar surface area (TPSA) is 119 Å². The molecule has 0 heterocycles. The van der Waals surface area contributed by atoms with Crippen molar-refractivity contribution < 1.29 is 24.4 Å². The Morgan fingerprint density at radius 2 is 1.96 bits per heavy atom. The molecule has 0 saturated carbocycles. The lowest BCUT2D eigenvalue weighted by molar-refractivity contribution is -0.384. The molecular formula is C19H20N2O6. The predicted octanol–water partition coefficient (Wildman–Crippen LogP) is 2.59. The van der Waals surface area contributed by atoms with E-state index in [0.717, 1.165) is 5.56 Å². The summed E-state index contributed by atoms with van der Waals surface area (Å²) in [6.45, 7) is 1.51. The minimum absolute atomic E-state index is 0.0807. The number of methoxy groups -OCH3 is 1. The zero-order chi connectivity index (χ0) is 20.0. The minimum Gasteiger partial charge on any atom is -0.496 e. The van der Waals surface area contributed by atoms with Gasteiger partial charge in [-0.15, -0.1) is 0 Å². The maximum absolute atomic E-state index is 12.4. The van der Waals surface area contributed by atoms with Crippen molar-refractivity contribution in [2.24, 2.45) is 5.92 Å². The van der Waals surface area contributed by atoms with Gasteiger partial charge in [0.15, 0.2) is 0 Å². The number of rotatable bonds is 8. The summed E-state index contributed by atoms with van der Waals surface area (Å²) in [4.78, 5) is 34.2. The van der Waals surface area contributed by atoms with Gasteiger partial charge in [-0.3, -0.25) is 19.7 Å². The molecule has 1 amide bonds. The summed E-state index contributed by atoms with van der Waals surface area (Å²) in [5, 5.41) is 22.8. The fourth-order valence-electron chi connectivity index (χ4n) is 2.71. The number of ether oxygens (including phenoxy) is 1. The van der Waals surface area contributed by atoms with Gasteiger partial charge in [0, 0.05) is 24.2 Å². The number of nitro groups is 1. The van der Waals surface area contributed by atoms with Crippen LogP contribution in [0.1, 0.15) is 21.5 Å². The van der Waals surface area contributed by atoms with E-state index in [1.54, 1.807) is 31.2 Å². The van der Waals surface area contributed by atoms with Gasteiger partial charge in [0.05, 0.1) is 18.0 Å². The molecule has 0 bridgehead atoms. The number of carbonyl (C=O) groups excluding carboxylic acids is 1. The van der Waals surface area contributed by atoms with Crippen molar-refractivity contribution in [2.45, 2.75) is 13.3 Å². The van der Waals surface area contributed by atoms with Crippen molar-refractivity contribution in [1.82, 2.24) is 5.32 Å². The second kappa shape index (κ2) is 8.79. The first kappa shape index (κ1) is 19.9. The van der Waals surface area contributed by atoms with E-state index in [9.17, 15) is 24.8 Å². The SMILES string of the molecule is COc1ccccc1CC(CNC(=O)c1ccc([N+](=O)[O-])cc1C)C(=O)O. The monoisotopic (exact) mass is 372 g/mol. The molecular weight excluding hydrogens is 352 g/mol. The van der Waals surface area contributed by atoms with Crippen LogP contribution in [-0.4, -0.2) is 35.6 Å². The van der Waals surface area contributed by atoms with Gasteiger partial charge < -0.3 is 15.2 Å². The van der Waals surface area contributed by atoms with Crippen LogP contribution in [0.2, 0.25) is 0 Å². The molecule has 8 heteroatoms. The highest BCUT2D eigenvalue weighted by atomic mass is 16.6. The van der Waals surface area contributed by atoms with Gasteiger partial charge in [0.25, 0.3) is 11.6 Å². The van der Waals surface area contributed by atoms with E-state index in [-0.39, 0.29) is 24.2 Å². The van der Waals surface area contributed by atoms with Crippen molar-refractivity contribution in [1.29, 1.82) is 0 Å². The Morgan fingerprint density at radius 3 is 2.56 bits per heavy atom. The first-order valence-corrected chi connectivity index (χ1v) is 8.21. The zero-order valence-corrected chi connectivity index (χ0v) is 15.0. The number of aryl methyl sites for hydroxylation is 1. The summed E-state index contributed by atoms with van der Waals surface area (Å²) >= 11 is 0. The number of benzene rings is 2. The van der Waals surface area contributed by atoms with Gasteiger partial charge >= 0.3 is 5.97 Å². The number of nitrogens with one attached hydrogen (secondary N) is 1. The molecule has 0 aliphatic rings. The average Bonchev–Trinajstić information content (AvgIpc) is 2.64. The Kier molecular flexibility index (Phi) is 6.48. The van der Waals surface area contributed by atoms with E-state index < -0.39 is 22.7 Å². The number of carboxylic acid groups (broad SMARTS) is 1. The van der Waals surface area contributed by atoms with Crippen LogP contribution in [0, 0.1) is 23.0 Å². The van der Waals surface area contributed by atoms with Gasteiger partial charge in [-0.05, 0) is 36.6 Å². The van der Waals surface area contributed by atoms with E-state index in [0.29, 0.717) is 11.3 Å². The number of hydrogen-bond donors (Lipinski definition) is 2. The Morgan fingerprint density at radius 1 is 1.26 bits per heavy atom. The molecule has 0 aliphatic heterocycles. The van der Waals surface area contributed by atoms with Gasteiger partial charge in [0.1, 0.15) is 5.75 Å². The lowest BCUT2D eigenvalue weighted by Crippen LogP contribution is -2.34. The number of para-hydroxylation sites is 1. The number of non-ortho nitro benzene ring substituents is 1. The van der Waals surface area contributed by atoms with Crippen molar-refractivity contribution in [3.63, 3.8) is 0 Å². The summed E-state index contributed by atoms with van der Waals surface area (Å²) < 4.78 is 5.23. The third-order valence-corrected chi connectivity index (χ3v) is 4.18. The molecule has 8 nitrogen and oxygen atoms in total. The number of hydrogen-bond acceptors (Lipinski definition) is 5. The first-order valence-electron chi connectivity index (χ1n) is 8.21. The van der Waals surface area contributed by atoms with Crippen LogP contribution in [0.5, 0.6) is 5.75 Å². The molecule has 142 valence electrons. The number of carboxylic acids is 1. The highest BCUT2D eigenvalue weighted by Gasteiger charge is 2.22. The highest BCUT2D eigenvalue weighted by Crippen LogP contribution is 2.21. The molecule has 2 aromatic rings. The average molecular weight is 372 g/mol. The van der Waals surface area contributed by atoms with E-state index >= 15 is 0 Å². The lowest BCUT2D eigenvalue weighted by atomic mass is 9.98. The maximum Gasteiger partial charge on any atom is 0.308 e. The Labute approximate surface area is 155 Å². The van der Waals surface area contributed by atoms with E-state index in [1.165, 1.54) is 25.3 Å². The molecule has 2 rings (SSSR count). The first-order chi connectivity index (χ1) is 12.8. The van der Waals surface area contributed by atoms with E-state index in [4.69, 9.17) is 4.74 Å². The maximum atomic E-state index is 12.4. The fourth-order valence-corrected chi connectivity index (χ4v) is 2.71. The highest BCUT2D eigenvalue weighted by molar-refractivity contribution is 5.96. The molecule has 27 heavy (non-hydrogen) atoms. The summed E-state index contributed by atoms with van der Waals surface area (Å²) in [5.74, 6) is -1.78. The number of nitrogens with zero attached hydrogens (tertiary/aromatic N) is 1. The molecule has 2 aromatic carbocycles. The molecule has 2 N–H and O–H groups in total. The number of amides is 1. The van der Waals surface area contributed by atoms with Crippen LogP contribution in [0.15, 0.2) is 42.5 Å². The molecule has 0 saturated heterocycles. The number of nitro benzene ring substituents is 1. The van der Waals surface area contributed by atoms with Crippen molar-refractivity contribution in [2.75, 3.05) is 13.7 Å².